The molecule has 1 aliphatic heterocycles. The summed E-state index contributed by atoms with van der Waals surface area (Å²) in [5.41, 5.74) is 4.89. The number of aromatic nitrogens is 1. The molecule has 1 aliphatic rings. The quantitative estimate of drug-likeness (QED) is 0.865. The zero-order chi connectivity index (χ0) is 11.0. The zero-order valence-corrected chi connectivity index (χ0v) is 10.3. The van der Waals surface area contributed by atoms with Gasteiger partial charge in [0.2, 0.25) is 0 Å². The number of rotatable bonds is 1. The van der Waals surface area contributed by atoms with E-state index in [0.29, 0.717) is 0 Å². The molecule has 0 unspecified atom stereocenters. The summed E-state index contributed by atoms with van der Waals surface area (Å²) in [4.78, 5) is 4.50. The highest BCUT2D eigenvalue weighted by Crippen LogP contribution is 2.24. The summed E-state index contributed by atoms with van der Waals surface area (Å²) in [5, 5.41) is 3.33. The van der Waals surface area contributed by atoms with Crippen molar-refractivity contribution in [3.63, 3.8) is 0 Å². The number of pyridine rings is 1. The first-order valence-electron chi connectivity index (χ1n) is 5.27. The van der Waals surface area contributed by atoms with Crippen LogP contribution in [0, 0.1) is 0 Å². The molecule has 3 heteroatoms. The van der Waals surface area contributed by atoms with Crippen LogP contribution in [0.2, 0.25) is 0 Å². The van der Waals surface area contributed by atoms with E-state index in [4.69, 9.17) is 0 Å². The van der Waals surface area contributed by atoms with Gasteiger partial charge >= 0.3 is 0 Å². The predicted molar refractivity (Wildman–Crippen MR) is 67.9 cm³/mol. The Morgan fingerprint density at radius 2 is 2.00 bits per heavy atom. The van der Waals surface area contributed by atoms with Crippen molar-refractivity contribution >= 4 is 15.9 Å². The normalized spacial score (nSPS) is 13.8. The number of nitrogens with zero attached hydrogens (tertiary/aromatic N) is 1. The average Bonchev–Trinajstić information content (AvgIpc) is 2.75. The molecule has 0 saturated heterocycles. The smallest absolute Gasteiger partial charge is 0.0705 e. The minimum absolute atomic E-state index is 0.946. The monoisotopic (exact) mass is 274 g/mol. The predicted octanol–water partition coefficient (Wildman–Crippen LogP) is 3.11. The largest absolute Gasteiger partial charge is 0.309 e. The molecule has 3 rings (SSSR count). The maximum atomic E-state index is 4.50. The van der Waals surface area contributed by atoms with Crippen LogP contribution in [0.5, 0.6) is 0 Å². The molecule has 0 atom stereocenters. The Bertz CT molecular complexity index is 537. The van der Waals surface area contributed by atoms with Crippen LogP contribution in [0.4, 0.5) is 0 Å². The molecule has 0 fully saturated rings. The molecule has 16 heavy (non-hydrogen) atoms. The van der Waals surface area contributed by atoms with Gasteiger partial charge in [-0.2, -0.15) is 0 Å². The fraction of sp³-hybridized carbons (Fsp3) is 0.154. The molecule has 1 aromatic carbocycles. The molecule has 0 spiro atoms. The lowest BCUT2D eigenvalue weighted by molar-refractivity contribution is 0.764. The fourth-order valence-corrected chi connectivity index (χ4v) is 2.39. The first kappa shape index (κ1) is 10.00. The Balaban J connectivity index is 2.07. The van der Waals surface area contributed by atoms with E-state index in [2.05, 4.69) is 44.4 Å². The van der Waals surface area contributed by atoms with E-state index in [9.17, 15) is 0 Å². The van der Waals surface area contributed by atoms with Crippen molar-refractivity contribution < 1.29 is 0 Å². The third kappa shape index (κ3) is 1.77. The third-order valence-electron chi connectivity index (χ3n) is 2.83. The van der Waals surface area contributed by atoms with Gasteiger partial charge in [-0.3, -0.25) is 4.98 Å². The number of fused-ring (bicyclic) bond motifs is 1. The second-order valence-corrected chi connectivity index (χ2v) is 4.87. The zero-order valence-electron chi connectivity index (χ0n) is 8.70. The van der Waals surface area contributed by atoms with Crippen LogP contribution >= 0.6 is 15.9 Å². The van der Waals surface area contributed by atoms with Crippen LogP contribution < -0.4 is 5.32 Å². The molecule has 80 valence electrons. The molecular formula is C13H11BrN2. The van der Waals surface area contributed by atoms with E-state index in [-0.39, 0.29) is 0 Å². The van der Waals surface area contributed by atoms with Crippen LogP contribution in [-0.4, -0.2) is 4.98 Å². The van der Waals surface area contributed by atoms with E-state index >= 15 is 0 Å². The van der Waals surface area contributed by atoms with Crippen LogP contribution in [0.25, 0.3) is 11.3 Å². The fourth-order valence-electron chi connectivity index (χ4n) is 1.99. The van der Waals surface area contributed by atoms with Gasteiger partial charge in [-0.05, 0) is 29.3 Å². The summed E-state index contributed by atoms with van der Waals surface area (Å²) in [6.07, 6.45) is 1.98. The molecule has 0 saturated carbocycles. The second-order valence-electron chi connectivity index (χ2n) is 3.95. The Morgan fingerprint density at radius 3 is 2.88 bits per heavy atom. The Labute approximate surface area is 103 Å². The molecule has 2 aromatic rings. The standard InChI is InChI=1S/C13H11BrN2/c14-12-3-1-2-9(4-12)13-5-10-6-15-7-11(10)8-16-13/h1-5,8,15H,6-7H2. The topological polar surface area (TPSA) is 24.9 Å². The van der Waals surface area contributed by atoms with Gasteiger partial charge in [0.05, 0.1) is 5.69 Å². The molecule has 1 N–H and O–H groups in total. The lowest BCUT2D eigenvalue weighted by Gasteiger charge is -2.04. The molecule has 0 amide bonds. The van der Waals surface area contributed by atoms with E-state index in [1.165, 1.54) is 11.1 Å². The Kier molecular flexibility index (Phi) is 2.50. The van der Waals surface area contributed by atoms with Crippen LogP contribution in [0.15, 0.2) is 41.0 Å². The van der Waals surface area contributed by atoms with E-state index in [1.54, 1.807) is 0 Å². The van der Waals surface area contributed by atoms with E-state index < -0.39 is 0 Å². The minimum Gasteiger partial charge on any atom is -0.309 e. The highest BCUT2D eigenvalue weighted by Gasteiger charge is 2.11. The van der Waals surface area contributed by atoms with Crippen molar-refractivity contribution in [3.05, 3.63) is 52.1 Å². The second kappa shape index (κ2) is 4.00. The third-order valence-corrected chi connectivity index (χ3v) is 3.33. The summed E-state index contributed by atoms with van der Waals surface area (Å²) in [6.45, 7) is 1.90. The van der Waals surface area contributed by atoms with Gasteiger partial charge in [0.25, 0.3) is 0 Å². The van der Waals surface area contributed by atoms with Gasteiger partial charge in [0.1, 0.15) is 0 Å². The number of hydrogen-bond acceptors (Lipinski definition) is 2. The lowest BCUT2D eigenvalue weighted by Crippen LogP contribution is -1.99. The van der Waals surface area contributed by atoms with Gasteiger partial charge < -0.3 is 5.32 Å². The van der Waals surface area contributed by atoms with Crippen LogP contribution in [0.3, 0.4) is 0 Å². The summed E-state index contributed by atoms with van der Waals surface area (Å²) >= 11 is 3.48. The molecule has 2 nitrogen and oxygen atoms in total. The molecule has 2 heterocycles. The van der Waals surface area contributed by atoms with Crippen molar-refractivity contribution in [1.82, 2.24) is 10.3 Å². The number of benzene rings is 1. The number of halogens is 1. The number of nitrogens with one attached hydrogen (secondary N) is 1. The van der Waals surface area contributed by atoms with Crippen molar-refractivity contribution in [2.75, 3.05) is 0 Å². The highest BCUT2D eigenvalue weighted by molar-refractivity contribution is 9.10. The molecule has 0 aliphatic carbocycles. The van der Waals surface area contributed by atoms with Gasteiger partial charge in [0, 0.05) is 29.3 Å². The maximum Gasteiger partial charge on any atom is 0.0705 e. The van der Waals surface area contributed by atoms with Crippen molar-refractivity contribution in [2.45, 2.75) is 13.1 Å². The minimum atomic E-state index is 0.946. The average molecular weight is 275 g/mol. The van der Waals surface area contributed by atoms with Crippen molar-refractivity contribution in [2.24, 2.45) is 0 Å². The molecular weight excluding hydrogens is 264 g/mol. The Hall–Kier alpha value is -1.19. The van der Waals surface area contributed by atoms with Crippen molar-refractivity contribution in [1.29, 1.82) is 0 Å². The number of hydrogen-bond donors (Lipinski definition) is 1. The van der Waals surface area contributed by atoms with E-state index in [0.717, 1.165) is 28.8 Å². The summed E-state index contributed by atoms with van der Waals surface area (Å²) in [6, 6.07) is 10.4. The molecule has 0 radical (unpaired) electrons. The summed E-state index contributed by atoms with van der Waals surface area (Å²) in [7, 11) is 0. The van der Waals surface area contributed by atoms with E-state index in [1.807, 2.05) is 18.3 Å². The van der Waals surface area contributed by atoms with Gasteiger partial charge in [0.15, 0.2) is 0 Å². The first-order chi connectivity index (χ1) is 7.83. The van der Waals surface area contributed by atoms with Crippen LogP contribution in [0.1, 0.15) is 11.1 Å². The maximum absolute atomic E-state index is 4.50. The first-order valence-corrected chi connectivity index (χ1v) is 6.07. The molecule has 0 bridgehead atoms. The van der Waals surface area contributed by atoms with Gasteiger partial charge in [-0.25, -0.2) is 0 Å². The van der Waals surface area contributed by atoms with Crippen molar-refractivity contribution in [3.8, 4) is 11.3 Å². The molecule has 1 aromatic heterocycles. The summed E-state index contributed by atoms with van der Waals surface area (Å²) < 4.78 is 1.09. The lowest BCUT2D eigenvalue weighted by atomic mass is 10.1. The van der Waals surface area contributed by atoms with Gasteiger partial charge in [-0.1, -0.05) is 28.1 Å². The highest BCUT2D eigenvalue weighted by atomic mass is 79.9. The SMILES string of the molecule is Brc1cccc(-c2cc3c(cn2)CNC3)c1. The van der Waals surface area contributed by atoms with Gasteiger partial charge in [-0.15, -0.1) is 0 Å². The Morgan fingerprint density at radius 1 is 1.12 bits per heavy atom. The summed E-state index contributed by atoms with van der Waals surface area (Å²) in [5.74, 6) is 0. The van der Waals surface area contributed by atoms with Crippen LogP contribution in [-0.2, 0) is 13.1 Å².